The van der Waals surface area contributed by atoms with Crippen LogP contribution in [0.5, 0.6) is 0 Å². The Bertz CT molecular complexity index is 1010. The summed E-state index contributed by atoms with van der Waals surface area (Å²) < 4.78 is 34.5. The van der Waals surface area contributed by atoms with Crippen LogP contribution in [0.3, 0.4) is 0 Å². The van der Waals surface area contributed by atoms with E-state index in [1.54, 1.807) is 7.11 Å². The minimum absolute atomic E-state index is 0.369. The van der Waals surface area contributed by atoms with Crippen molar-refractivity contribution < 1.29 is 17.9 Å². The third-order valence-electron chi connectivity index (χ3n) is 4.53. The molecule has 2 aromatic rings. The first kappa shape index (κ1) is 20.7. The minimum Gasteiger partial charge on any atom is -0.383 e. The Hall–Kier alpha value is -1.07. The van der Waals surface area contributed by atoms with Crippen LogP contribution in [0.25, 0.3) is 10.2 Å². The van der Waals surface area contributed by atoms with E-state index in [2.05, 4.69) is 20.9 Å². The number of aromatic nitrogens is 1. The number of rotatable bonds is 5. The van der Waals surface area contributed by atoms with Gasteiger partial charge >= 0.3 is 0 Å². The predicted octanol–water partition coefficient (Wildman–Crippen LogP) is 2.35. The number of methoxy groups -OCH3 is 1. The second-order valence-electron chi connectivity index (χ2n) is 6.48. The molecular weight excluding hydrogens is 454 g/mol. The number of hydrogen-bond acceptors (Lipinski definition) is 5. The van der Waals surface area contributed by atoms with Gasteiger partial charge < -0.3 is 9.30 Å². The average molecular weight is 476 g/mol. The Labute approximate surface area is 170 Å². The molecule has 0 saturated carbocycles. The van der Waals surface area contributed by atoms with Crippen molar-refractivity contribution in [2.75, 3.05) is 26.5 Å². The molecule has 10 heteroatoms. The molecular formula is C17H22BrN3O4S2. The maximum absolute atomic E-state index is 12.9. The van der Waals surface area contributed by atoms with E-state index in [-0.39, 0.29) is 0 Å². The number of carbonyl (C=O) groups excluding carboxylic acids is 1. The van der Waals surface area contributed by atoms with Crippen LogP contribution in [0.15, 0.2) is 27.7 Å². The molecule has 0 radical (unpaired) electrons. The number of thiazole rings is 1. The lowest BCUT2D eigenvalue weighted by Gasteiger charge is -2.31. The van der Waals surface area contributed by atoms with Crippen molar-refractivity contribution in [2.24, 2.45) is 4.99 Å². The van der Waals surface area contributed by atoms with Gasteiger partial charge in [-0.05, 0) is 31.0 Å². The van der Waals surface area contributed by atoms with Crippen LogP contribution >= 0.6 is 27.3 Å². The summed E-state index contributed by atoms with van der Waals surface area (Å²) in [5, 5.41) is 0. The number of benzene rings is 1. The Kier molecular flexibility index (Phi) is 6.52. The van der Waals surface area contributed by atoms with E-state index in [4.69, 9.17) is 4.74 Å². The quantitative estimate of drug-likeness (QED) is 0.664. The molecule has 1 saturated heterocycles. The van der Waals surface area contributed by atoms with E-state index in [0.717, 1.165) is 33.8 Å². The summed E-state index contributed by atoms with van der Waals surface area (Å²) >= 11 is 4.88. The summed E-state index contributed by atoms with van der Waals surface area (Å²) in [6.07, 6.45) is 3.24. The lowest BCUT2D eigenvalue weighted by molar-refractivity contribution is -0.122. The Balaban J connectivity index is 2.04. The Morgan fingerprint density at radius 1 is 1.41 bits per heavy atom. The van der Waals surface area contributed by atoms with Crippen LogP contribution in [-0.2, 0) is 26.1 Å². The molecule has 148 valence electrons. The molecule has 0 spiro atoms. The zero-order valence-corrected chi connectivity index (χ0v) is 18.4. The van der Waals surface area contributed by atoms with Gasteiger partial charge in [-0.1, -0.05) is 33.7 Å². The number of ether oxygens (including phenoxy) is 1. The van der Waals surface area contributed by atoms with Gasteiger partial charge in [-0.25, -0.2) is 8.42 Å². The van der Waals surface area contributed by atoms with Crippen molar-refractivity contribution in [1.82, 2.24) is 8.87 Å². The molecule has 1 atom stereocenters. The van der Waals surface area contributed by atoms with Crippen molar-refractivity contribution >= 4 is 53.4 Å². The van der Waals surface area contributed by atoms with Gasteiger partial charge in [-0.15, -0.1) is 0 Å². The standard InChI is InChI=1S/C17H22BrN3O4S2/c1-25-10-9-20-13-7-6-12(18)11-15(13)26-17(20)19-16(22)14-5-3-4-8-21(14)27(2,23)24/h6-7,11,14H,3-5,8-10H2,1-2H3. The summed E-state index contributed by atoms with van der Waals surface area (Å²) in [6.45, 7) is 1.42. The van der Waals surface area contributed by atoms with Gasteiger partial charge in [-0.3, -0.25) is 4.79 Å². The SMILES string of the molecule is COCCn1c(=NC(=O)C2CCCCN2S(C)(=O)=O)sc2cc(Br)ccc21. The van der Waals surface area contributed by atoms with Gasteiger partial charge in [0, 0.05) is 24.7 Å². The summed E-state index contributed by atoms with van der Waals surface area (Å²) in [7, 11) is -1.82. The van der Waals surface area contributed by atoms with Crippen molar-refractivity contribution in [1.29, 1.82) is 0 Å². The van der Waals surface area contributed by atoms with Crippen LogP contribution in [0.1, 0.15) is 19.3 Å². The fourth-order valence-corrected chi connectivity index (χ4v) is 5.98. The van der Waals surface area contributed by atoms with Gasteiger partial charge in [0.15, 0.2) is 4.80 Å². The third-order valence-corrected chi connectivity index (χ3v) is 7.36. The van der Waals surface area contributed by atoms with E-state index in [9.17, 15) is 13.2 Å². The molecule has 1 unspecified atom stereocenters. The predicted molar refractivity (Wildman–Crippen MR) is 109 cm³/mol. The second kappa shape index (κ2) is 8.52. The number of carbonyl (C=O) groups is 1. The number of nitrogens with zero attached hydrogens (tertiary/aromatic N) is 3. The maximum Gasteiger partial charge on any atom is 0.266 e. The number of halogens is 1. The topological polar surface area (TPSA) is 81.0 Å². The Morgan fingerprint density at radius 2 is 2.19 bits per heavy atom. The normalized spacial score (nSPS) is 19.7. The first-order chi connectivity index (χ1) is 12.8. The van der Waals surface area contributed by atoms with Crippen LogP contribution in [0, 0.1) is 0 Å². The van der Waals surface area contributed by atoms with Crippen molar-refractivity contribution in [3.05, 3.63) is 27.5 Å². The monoisotopic (exact) mass is 475 g/mol. The highest BCUT2D eigenvalue weighted by atomic mass is 79.9. The summed E-state index contributed by atoms with van der Waals surface area (Å²) in [6, 6.07) is 5.17. The first-order valence-corrected chi connectivity index (χ1v) is 12.1. The first-order valence-electron chi connectivity index (χ1n) is 8.64. The third kappa shape index (κ3) is 4.68. The molecule has 1 aromatic heterocycles. The second-order valence-corrected chi connectivity index (χ2v) is 10.3. The molecule has 2 heterocycles. The van der Waals surface area contributed by atoms with Crippen molar-refractivity contribution in [2.45, 2.75) is 31.8 Å². The summed E-state index contributed by atoms with van der Waals surface area (Å²) in [5.74, 6) is -0.406. The number of fused-ring (bicyclic) bond motifs is 1. The molecule has 7 nitrogen and oxygen atoms in total. The zero-order chi connectivity index (χ0) is 19.6. The fourth-order valence-electron chi connectivity index (χ4n) is 3.25. The summed E-state index contributed by atoms with van der Waals surface area (Å²) in [4.78, 5) is 17.8. The molecule has 1 aromatic carbocycles. The highest BCUT2D eigenvalue weighted by Gasteiger charge is 2.34. The van der Waals surface area contributed by atoms with E-state index in [1.165, 1.54) is 15.6 Å². The van der Waals surface area contributed by atoms with Crippen LogP contribution in [-0.4, -0.2) is 55.8 Å². The van der Waals surface area contributed by atoms with E-state index in [0.29, 0.717) is 30.9 Å². The lowest BCUT2D eigenvalue weighted by atomic mass is 10.0. The molecule has 1 amide bonds. The molecule has 0 bridgehead atoms. The van der Waals surface area contributed by atoms with Gasteiger partial charge in [0.25, 0.3) is 5.91 Å². The minimum atomic E-state index is -3.44. The van der Waals surface area contributed by atoms with Gasteiger partial charge in [0.2, 0.25) is 10.0 Å². The average Bonchev–Trinajstić information content (AvgIpc) is 2.95. The number of hydrogen-bond donors (Lipinski definition) is 0. The highest BCUT2D eigenvalue weighted by Crippen LogP contribution is 2.23. The summed E-state index contributed by atoms with van der Waals surface area (Å²) in [5.41, 5.74) is 0.968. The molecule has 1 fully saturated rings. The number of piperidine rings is 1. The Morgan fingerprint density at radius 3 is 2.89 bits per heavy atom. The van der Waals surface area contributed by atoms with Crippen LogP contribution < -0.4 is 4.80 Å². The van der Waals surface area contributed by atoms with Gasteiger partial charge in [0.05, 0.1) is 23.1 Å². The van der Waals surface area contributed by atoms with Gasteiger partial charge in [0.1, 0.15) is 6.04 Å². The van der Waals surface area contributed by atoms with Crippen LogP contribution in [0.4, 0.5) is 0 Å². The van der Waals surface area contributed by atoms with E-state index in [1.807, 2.05) is 22.8 Å². The molecule has 0 N–H and O–H groups in total. The molecule has 0 aliphatic carbocycles. The molecule has 1 aliphatic rings. The fraction of sp³-hybridized carbons (Fsp3) is 0.529. The molecule has 3 rings (SSSR count). The molecule has 1 aliphatic heterocycles. The van der Waals surface area contributed by atoms with Crippen molar-refractivity contribution in [3.8, 4) is 0 Å². The zero-order valence-electron chi connectivity index (χ0n) is 15.2. The smallest absolute Gasteiger partial charge is 0.266 e. The maximum atomic E-state index is 12.9. The molecule has 27 heavy (non-hydrogen) atoms. The largest absolute Gasteiger partial charge is 0.383 e. The van der Waals surface area contributed by atoms with Crippen LogP contribution in [0.2, 0.25) is 0 Å². The van der Waals surface area contributed by atoms with Crippen molar-refractivity contribution in [3.63, 3.8) is 0 Å². The number of sulfonamides is 1. The van der Waals surface area contributed by atoms with E-state index >= 15 is 0 Å². The number of amides is 1. The lowest BCUT2D eigenvalue weighted by Crippen LogP contribution is -2.47. The van der Waals surface area contributed by atoms with E-state index < -0.39 is 22.0 Å². The van der Waals surface area contributed by atoms with Gasteiger partial charge in [-0.2, -0.15) is 9.30 Å². The highest BCUT2D eigenvalue weighted by molar-refractivity contribution is 9.10.